The zero-order valence-electron chi connectivity index (χ0n) is 12.5. The van der Waals surface area contributed by atoms with Crippen LogP contribution >= 0.6 is 0 Å². The van der Waals surface area contributed by atoms with Crippen LogP contribution in [0.3, 0.4) is 0 Å². The fourth-order valence-corrected chi connectivity index (χ4v) is 4.04. The summed E-state index contributed by atoms with van der Waals surface area (Å²) in [5.74, 6) is 2.15. The van der Waals surface area contributed by atoms with E-state index in [-0.39, 0.29) is 5.75 Å². The normalized spacial score (nSPS) is 25.8. The van der Waals surface area contributed by atoms with Crippen molar-refractivity contribution < 1.29 is 9.84 Å². The predicted octanol–water partition coefficient (Wildman–Crippen LogP) is 4.70. The second-order valence-electron chi connectivity index (χ2n) is 6.22. The molecule has 0 amide bonds. The van der Waals surface area contributed by atoms with Crippen LogP contribution in [0.1, 0.15) is 55.6 Å². The first-order chi connectivity index (χ1) is 9.70. The summed E-state index contributed by atoms with van der Waals surface area (Å²) in [4.78, 5) is 0. The molecule has 2 unspecified atom stereocenters. The van der Waals surface area contributed by atoms with Gasteiger partial charge < -0.3 is 9.84 Å². The van der Waals surface area contributed by atoms with E-state index >= 15 is 0 Å². The molecule has 0 spiro atoms. The molecular weight excluding hydrogens is 248 g/mol. The van der Waals surface area contributed by atoms with Crippen LogP contribution in [0.2, 0.25) is 0 Å². The maximum Gasteiger partial charge on any atom is 0.164 e. The molecule has 1 saturated carbocycles. The van der Waals surface area contributed by atoms with Crippen molar-refractivity contribution in [2.75, 3.05) is 7.11 Å². The summed E-state index contributed by atoms with van der Waals surface area (Å²) in [6.45, 7) is 2.04. The summed E-state index contributed by atoms with van der Waals surface area (Å²) in [6.07, 6.45) is 10.1. The summed E-state index contributed by atoms with van der Waals surface area (Å²) in [5.41, 5.74) is 3.89. The van der Waals surface area contributed by atoms with Gasteiger partial charge in [0.25, 0.3) is 0 Å². The molecule has 20 heavy (non-hydrogen) atoms. The van der Waals surface area contributed by atoms with Gasteiger partial charge in [-0.3, -0.25) is 0 Å². The number of ether oxygens (including phenoxy) is 1. The molecule has 2 atom stereocenters. The predicted molar refractivity (Wildman–Crippen MR) is 81.4 cm³/mol. The highest BCUT2D eigenvalue weighted by Crippen LogP contribution is 2.49. The second-order valence-corrected chi connectivity index (χ2v) is 6.22. The molecule has 3 rings (SSSR count). The lowest BCUT2D eigenvalue weighted by Crippen LogP contribution is -2.21. The number of hydrogen-bond acceptors (Lipinski definition) is 2. The smallest absolute Gasteiger partial charge is 0.164 e. The van der Waals surface area contributed by atoms with Gasteiger partial charge in [-0.25, -0.2) is 0 Å². The van der Waals surface area contributed by atoms with Crippen LogP contribution in [0.15, 0.2) is 23.8 Å². The van der Waals surface area contributed by atoms with Crippen molar-refractivity contribution in [2.24, 2.45) is 5.92 Å². The minimum Gasteiger partial charge on any atom is -0.504 e. The number of methoxy groups -OCH3 is 1. The molecule has 108 valence electrons. The third-order valence-electron chi connectivity index (χ3n) is 4.88. The second kappa shape index (κ2) is 5.51. The quantitative estimate of drug-likeness (QED) is 0.790. The van der Waals surface area contributed by atoms with Crippen LogP contribution in [0.4, 0.5) is 0 Å². The first kappa shape index (κ1) is 13.5. The van der Waals surface area contributed by atoms with Crippen molar-refractivity contribution in [1.29, 1.82) is 0 Å². The summed E-state index contributed by atoms with van der Waals surface area (Å²) in [6, 6.07) is 3.99. The molecule has 0 aliphatic heterocycles. The molecule has 2 nitrogen and oxygen atoms in total. The van der Waals surface area contributed by atoms with Gasteiger partial charge in [0.15, 0.2) is 11.5 Å². The molecule has 1 N–H and O–H groups in total. The third kappa shape index (κ3) is 2.32. The Kier molecular flexibility index (Phi) is 3.73. The number of aryl methyl sites for hydroxylation is 1. The molecule has 0 heterocycles. The summed E-state index contributed by atoms with van der Waals surface area (Å²) >= 11 is 0. The van der Waals surface area contributed by atoms with Gasteiger partial charge in [0.1, 0.15) is 0 Å². The van der Waals surface area contributed by atoms with E-state index < -0.39 is 0 Å². The minimum absolute atomic E-state index is 0.279. The van der Waals surface area contributed by atoms with E-state index in [9.17, 15) is 5.11 Å². The summed E-state index contributed by atoms with van der Waals surface area (Å²) in [5, 5.41) is 10.2. The van der Waals surface area contributed by atoms with E-state index in [1.807, 2.05) is 6.92 Å². The highest BCUT2D eigenvalue weighted by Gasteiger charge is 2.32. The fraction of sp³-hybridized carbons (Fsp3) is 0.556. The highest BCUT2D eigenvalue weighted by molar-refractivity contribution is 5.52. The Morgan fingerprint density at radius 3 is 2.75 bits per heavy atom. The van der Waals surface area contributed by atoms with Crippen LogP contribution in [0.5, 0.6) is 11.5 Å². The van der Waals surface area contributed by atoms with E-state index in [4.69, 9.17) is 4.74 Å². The Balaban J connectivity index is 2.05. The number of phenolic OH excluding ortho intramolecular Hbond substituents is 1. The molecule has 1 aromatic carbocycles. The van der Waals surface area contributed by atoms with Crippen LogP contribution in [-0.4, -0.2) is 12.2 Å². The lowest BCUT2D eigenvalue weighted by Gasteiger charge is -2.36. The Labute approximate surface area is 121 Å². The van der Waals surface area contributed by atoms with Gasteiger partial charge in [-0.2, -0.15) is 0 Å². The SMILES string of the molecule is COc1c(O)cc(C)cc1C1CCCC2CCCC=C21. The van der Waals surface area contributed by atoms with Crippen LogP contribution in [-0.2, 0) is 0 Å². The third-order valence-corrected chi connectivity index (χ3v) is 4.88. The van der Waals surface area contributed by atoms with E-state index in [1.54, 1.807) is 18.7 Å². The Hall–Kier alpha value is -1.44. The largest absolute Gasteiger partial charge is 0.504 e. The molecule has 0 saturated heterocycles. The van der Waals surface area contributed by atoms with E-state index in [0.29, 0.717) is 11.7 Å². The number of fused-ring (bicyclic) bond motifs is 1. The zero-order valence-corrected chi connectivity index (χ0v) is 12.5. The topological polar surface area (TPSA) is 29.5 Å². The minimum atomic E-state index is 0.279. The molecule has 0 aromatic heterocycles. The van der Waals surface area contributed by atoms with E-state index in [2.05, 4.69) is 12.1 Å². The number of allylic oxidation sites excluding steroid dienone is 2. The zero-order chi connectivity index (χ0) is 14.1. The molecule has 2 heteroatoms. The Bertz CT molecular complexity index is 530. The van der Waals surface area contributed by atoms with Gasteiger partial charge in [0.2, 0.25) is 0 Å². The first-order valence-corrected chi connectivity index (χ1v) is 7.78. The average Bonchev–Trinajstić information content (AvgIpc) is 2.46. The molecule has 2 aliphatic carbocycles. The Morgan fingerprint density at radius 1 is 1.15 bits per heavy atom. The molecule has 0 radical (unpaired) electrons. The number of hydrogen-bond donors (Lipinski definition) is 1. The van der Waals surface area contributed by atoms with Crippen molar-refractivity contribution in [1.82, 2.24) is 0 Å². The average molecular weight is 272 g/mol. The van der Waals surface area contributed by atoms with Crippen molar-refractivity contribution in [2.45, 2.75) is 51.4 Å². The van der Waals surface area contributed by atoms with Crippen molar-refractivity contribution in [3.8, 4) is 11.5 Å². The first-order valence-electron chi connectivity index (χ1n) is 7.78. The lowest BCUT2D eigenvalue weighted by molar-refractivity contribution is 0.348. The number of aromatic hydroxyl groups is 1. The maximum atomic E-state index is 10.2. The van der Waals surface area contributed by atoms with Gasteiger partial charge in [0.05, 0.1) is 7.11 Å². The van der Waals surface area contributed by atoms with Gasteiger partial charge >= 0.3 is 0 Å². The van der Waals surface area contributed by atoms with Gasteiger partial charge in [-0.15, -0.1) is 0 Å². The van der Waals surface area contributed by atoms with E-state index in [1.165, 1.54) is 44.1 Å². The number of rotatable bonds is 2. The monoisotopic (exact) mass is 272 g/mol. The van der Waals surface area contributed by atoms with Crippen LogP contribution < -0.4 is 4.74 Å². The van der Waals surface area contributed by atoms with Crippen LogP contribution in [0, 0.1) is 12.8 Å². The summed E-state index contributed by atoms with van der Waals surface area (Å²) in [7, 11) is 1.66. The molecule has 1 fully saturated rings. The molecule has 1 aromatic rings. The Morgan fingerprint density at radius 2 is 1.95 bits per heavy atom. The summed E-state index contributed by atoms with van der Waals surface area (Å²) < 4.78 is 5.49. The van der Waals surface area contributed by atoms with Crippen molar-refractivity contribution >= 4 is 0 Å². The van der Waals surface area contributed by atoms with E-state index in [0.717, 1.165) is 11.5 Å². The van der Waals surface area contributed by atoms with Crippen molar-refractivity contribution in [3.63, 3.8) is 0 Å². The lowest BCUT2D eigenvalue weighted by atomic mass is 9.69. The number of benzene rings is 1. The van der Waals surface area contributed by atoms with Crippen LogP contribution in [0.25, 0.3) is 0 Å². The number of phenols is 1. The standard InChI is InChI=1S/C18H24O2/c1-12-10-16(18(20-2)17(19)11-12)15-9-5-7-13-6-3-4-8-14(13)15/h8,10-11,13,15,19H,3-7,9H2,1-2H3. The molecular formula is C18H24O2. The van der Waals surface area contributed by atoms with Gasteiger partial charge in [-0.1, -0.05) is 24.1 Å². The highest BCUT2D eigenvalue weighted by atomic mass is 16.5. The maximum absolute atomic E-state index is 10.2. The van der Waals surface area contributed by atoms with Gasteiger partial charge in [-0.05, 0) is 56.6 Å². The molecule has 2 aliphatic rings. The molecule has 0 bridgehead atoms. The fourth-order valence-electron chi connectivity index (χ4n) is 4.04. The van der Waals surface area contributed by atoms with Crippen molar-refractivity contribution in [3.05, 3.63) is 34.9 Å². The van der Waals surface area contributed by atoms with Gasteiger partial charge in [0, 0.05) is 11.5 Å².